The maximum atomic E-state index is 12.7. The van der Waals surface area contributed by atoms with Crippen molar-refractivity contribution < 1.29 is 9.59 Å². The van der Waals surface area contributed by atoms with Crippen molar-refractivity contribution in [1.82, 2.24) is 15.1 Å². The molecule has 2 rings (SSSR count). The van der Waals surface area contributed by atoms with Crippen LogP contribution in [0.3, 0.4) is 0 Å². The first kappa shape index (κ1) is 16.3. The van der Waals surface area contributed by atoms with Crippen molar-refractivity contribution in [2.24, 2.45) is 11.8 Å². The van der Waals surface area contributed by atoms with Crippen molar-refractivity contribution in [3.05, 3.63) is 0 Å². The van der Waals surface area contributed by atoms with E-state index in [1.807, 2.05) is 23.6 Å². The van der Waals surface area contributed by atoms with Gasteiger partial charge in [0.05, 0.1) is 5.92 Å². The lowest BCUT2D eigenvalue weighted by Gasteiger charge is -2.35. The Hall–Kier alpha value is -1.10. The summed E-state index contributed by atoms with van der Waals surface area (Å²) >= 11 is 0. The summed E-state index contributed by atoms with van der Waals surface area (Å²) in [5.74, 6) is 0.541. The zero-order valence-electron chi connectivity index (χ0n) is 13.4. The second kappa shape index (κ2) is 7.78. The zero-order chi connectivity index (χ0) is 15.2. The van der Waals surface area contributed by atoms with E-state index in [4.69, 9.17) is 0 Å². The highest BCUT2D eigenvalue weighted by Gasteiger charge is 2.32. The molecule has 2 aliphatic rings. The molecular weight excluding hydrogens is 266 g/mol. The summed E-state index contributed by atoms with van der Waals surface area (Å²) in [7, 11) is 0. The smallest absolute Gasteiger partial charge is 0.227 e. The quantitative estimate of drug-likeness (QED) is 0.848. The topological polar surface area (TPSA) is 52.7 Å². The SMILES string of the molecule is CCC(C)C(=O)N1CCCC(C(=O)N2CCCNCC2)C1. The number of hydrogen-bond acceptors (Lipinski definition) is 3. The summed E-state index contributed by atoms with van der Waals surface area (Å²) in [6, 6.07) is 0. The molecule has 120 valence electrons. The predicted molar refractivity (Wildman–Crippen MR) is 82.8 cm³/mol. The largest absolute Gasteiger partial charge is 0.342 e. The van der Waals surface area contributed by atoms with E-state index in [9.17, 15) is 9.59 Å². The van der Waals surface area contributed by atoms with Crippen molar-refractivity contribution in [2.75, 3.05) is 39.3 Å². The summed E-state index contributed by atoms with van der Waals surface area (Å²) in [6.45, 7) is 8.98. The molecule has 0 bridgehead atoms. The van der Waals surface area contributed by atoms with Gasteiger partial charge in [-0.05, 0) is 32.2 Å². The van der Waals surface area contributed by atoms with Gasteiger partial charge in [-0.25, -0.2) is 0 Å². The average Bonchev–Trinajstić information content (AvgIpc) is 2.82. The lowest BCUT2D eigenvalue weighted by molar-refractivity contribution is -0.142. The van der Waals surface area contributed by atoms with Gasteiger partial charge in [-0.3, -0.25) is 9.59 Å². The monoisotopic (exact) mass is 295 g/mol. The maximum absolute atomic E-state index is 12.7. The van der Waals surface area contributed by atoms with Gasteiger partial charge in [0.1, 0.15) is 0 Å². The average molecular weight is 295 g/mol. The second-order valence-corrected chi connectivity index (χ2v) is 6.36. The van der Waals surface area contributed by atoms with Crippen molar-refractivity contribution >= 4 is 11.8 Å². The second-order valence-electron chi connectivity index (χ2n) is 6.36. The van der Waals surface area contributed by atoms with E-state index in [0.717, 1.165) is 58.4 Å². The van der Waals surface area contributed by atoms with Gasteiger partial charge in [0, 0.05) is 38.6 Å². The van der Waals surface area contributed by atoms with Crippen LogP contribution in [0.1, 0.15) is 39.5 Å². The normalized spacial score (nSPS) is 25.3. The number of carbonyl (C=O) groups excluding carboxylic acids is 2. The van der Waals surface area contributed by atoms with Gasteiger partial charge in [-0.2, -0.15) is 0 Å². The molecule has 0 aromatic carbocycles. The van der Waals surface area contributed by atoms with Crippen molar-refractivity contribution in [3.8, 4) is 0 Å². The molecule has 0 radical (unpaired) electrons. The third-order valence-electron chi connectivity index (χ3n) is 4.77. The molecule has 0 aliphatic carbocycles. The Morgan fingerprint density at radius 1 is 1.14 bits per heavy atom. The standard InChI is InChI=1S/C16H29N3O2/c1-3-13(2)15(20)19-9-4-6-14(12-19)16(21)18-10-5-7-17-8-11-18/h13-14,17H,3-12H2,1-2H3. The van der Waals surface area contributed by atoms with E-state index < -0.39 is 0 Å². The molecule has 2 fully saturated rings. The van der Waals surface area contributed by atoms with Gasteiger partial charge in [0.15, 0.2) is 0 Å². The van der Waals surface area contributed by atoms with Crippen LogP contribution in [0.2, 0.25) is 0 Å². The van der Waals surface area contributed by atoms with Crippen LogP contribution in [0.5, 0.6) is 0 Å². The third kappa shape index (κ3) is 4.19. The third-order valence-corrected chi connectivity index (χ3v) is 4.77. The van der Waals surface area contributed by atoms with Crippen LogP contribution in [0.25, 0.3) is 0 Å². The van der Waals surface area contributed by atoms with E-state index >= 15 is 0 Å². The van der Waals surface area contributed by atoms with E-state index in [0.29, 0.717) is 6.54 Å². The van der Waals surface area contributed by atoms with E-state index in [1.54, 1.807) is 0 Å². The number of hydrogen-bond donors (Lipinski definition) is 1. The number of nitrogens with one attached hydrogen (secondary N) is 1. The first-order chi connectivity index (χ1) is 10.1. The Kier molecular flexibility index (Phi) is 6.03. The van der Waals surface area contributed by atoms with E-state index in [-0.39, 0.29) is 23.7 Å². The van der Waals surface area contributed by atoms with Gasteiger partial charge in [-0.1, -0.05) is 13.8 Å². The van der Waals surface area contributed by atoms with Gasteiger partial charge in [-0.15, -0.1) is 0 Å². The highest BCUT2D eigenvalue weighted by atomic mass is 16.2. The fraction of sp³-hybridized carbons (Fsp3) is 0.875. The van der Waals surface area contributed by atoms with Crippen molar-refractivity contribution in [1.29, 1.82) is 0 Å². The number of carbonyl (C=O) groups is 2. The summed E-state index contributed by atoms with van der Waals surface area (Å²) in [6.07, 6.45) is 3.76. The molecular formula is C16H29N3O2. The summed E-state index contributed by atoms with van der Waals surface area (Å²) in [5.41, 5.74) is 0. The molecule has 0 spiro atoms. The fourth-order valence-electron chi connectivity index (χ4n) is 3.19. The van der Waals surface area contributed by atoms with Crippen LogP contribution in [-0.4, -0.2) is 60.9 Å². The fourth-order valence-corrected chi connectivity index (χ4v) is 3.19. The number of rotatable bonds is 3. The molecule has 2 saturated heterocycles. The Balaban J connectivity index is 1.93. The maximum Gasteiger partial charge on any atom is 0.227 e. The van der Waals surface area contributed by atoms with Crippen LogP contribution in [-0.2, 0) is 9.59 Å². The highest BCUT2D eigenvalue weighted by Crippen LogP contribution is 2.21. The highest BCUT2D eigenvalue weighted by molar-refractivity contribution is 5.82. The molecule has 2 amide bonds. The zero-order valence-corrected chi connectivity index (χ0v) is 13.4. The Labute approximate surface area is 128 Å². The lowest BCUT2D eigenvalue weighted by Crippen LogP contribution is -2.48. The Morgan fingerprint density at radius 3 is 2.67 bits per heavy atom. The molecule has 2 heterocycles. The molecule has 5 heteroatoms. The molecule has 2 unspecified atom stereocenters. The van der Waals surface area contributed by atoms with E-state index in [1.165, 1.54) is 0 Å². The number of likely N-dealkylation sites (tertiary alicyclic amines) is 1. The van der Waals surface area contributed by atoms with Gasteiger partial charge in [0.2, 0.25) is 11.8 Å². The van der Waals surface area contributed by atoms with Crippen molar-refractivity contribution in [3.63, 3.8) is 0 Å². The minimum Gasteiger partial charge on any atom is -0.342 e. The molecule has 0 aromatic heterocycles. The van der Waals surface area contributed by atoms with Crippen LogP contribution in [0, 0.1) is 11.8 Å². The minimum absolute atomic E-state index is 0.00450. The minimum atomic E-state index is 0.00450. The number of nitrogens with zero attached hydrogens (tertiary/aromatic N) is 2. The van der Waals surface area contributed by atoms with E-state index in [2.05, 4.69) is 5.32 Å². The number of amides is 2. The molecule has 2 atom stereocenters. The van der Waals surface area contributed by atoms with Gasteiger partial charge < -0.3 is 15.1 Å². The van der Waals surface area contributed by atoms with Gasteiger partial charge in [0.25, 0.3) is 0 Å². The molecule has 2 aliphatic heterocycles. The van der Waals surface area contributed by atoms with Crippen LogP contribution in [0.15, 0.2) is 0 Å². The van der Waals surface area contributed by atoms with Crippen LogP contribution < -0.4 is 5.32 Å². The Bertz CT molecular complexity index is 365. The molecule has 1 N–H and O–H groups in total. The first-order valence-electron chi connectivity index (χ1n) is 8.41. The number of piperidine rings is 1. The Morgan fingerprint density at radius 2 is 1.90 bits per heavy atom. The molecule has 21 heavy (non-hydrogen) atoms. The molecule has 5 nitrogen and oxygen atoms in total. The summed E-state index contributed by atoms with van der Waals surface area (Å²) in [4.78, 5) is 28.9. The summed E-state index contributed by atoms with van der Waals surface area (Å²) < 4.78 is 0. The molecule has 0 aromatic rings. The summed E-state index contributed by atoms with van der Waals surface area (Å²) in [5, 5.41) is 3.33. The van der Waals surface area contributed by atoms with Crippen molar-refractivity contribution in [2.45, 2.75) is 39.5 Å². The predicted octanol–water partition coefficient (Wildman–Crippen LogP) is 1.09. The van der Waals surface area contributed by atoms with Crippen LogP contribution >= 0.6 is 0 Å². The first-order valence-corrected chi connectivity index (χ1v) is 8.41. The lowest BCUT2D eigenvalue weighted by atomic mass is 9.95. The van der Waals surface area contributed by atoms with Crippen LogP contribution in [0.4, 0.5) is 0 Å². The molecule has 0 saturated carbocycles. The van der Waals surface area contributed by atoms with Gasteiger partial charge >= 0.3 is 0 Å².